The summed E-state index contributed by atoms with van der Waals surface area (Å²) in [5.41, 5.74) is 0.281. The third-order valence-electron chi connectivity index (χ3n) is 6.87. The van der Waals surface area contributed by atoms with E-state index in [4.69, 9.17) is 14.2 Å². The molecule has 3 aromatic rings. The van der Waals surface area contributed by atoms with Gasteiger partial charge in [-0.2, -0.15) is 0 Å². The first-order valence-corrected chi connectivity index (χ1v) is 13.6. The molecule has 1 saturated heterocycles. The smallest absolute Gasteiger partial charge is 0.437 e. The Morgan fingerprint density at radius 2 is 1.52 bits per heavy atom. The third-order valence-corrected chi connectivity index (χ3v) is 6.87. The van der Waals surface area contributed by atoms with Gasteiger partial charge in [-0.3, -0.25) is 15.0 Å². The molecule has 0 aliphatic carbocycles. The zero-order valence-corrected chi connectivity index (χ0v) is 23.9. The number of carbonyl (C=O) groups excluding carboxylic acids is 4. The second-order valence-corrected chi connectivity index (χ2v) is 9.81. The van der Waals surface area contributed by atoms with Crippen LogP contribution in [-0.4, -0.2) is 66.1 Å². The van der Waals surface area contributed by atoms with Crippen LogP contribution in [0.25, 0.3) is 0 Å². The summed E-state index contributed by atoms with van der Waals surface area (Å²) in [6.07, 6.45) is -1.84. The Kier molecular flexibility index (Phi) is 10.6. The average Bonchev–Trinajstić information content (AvgIpc) is 3.39. The van der Waals surface area contributed by atoms with Crippen LogP contribution in [0.5, 0.6) is 0 Å². The summed E-state index contributed by atoms with van der Waals surface area (Å²) in [6, 6.07) is 21.9. The van der Waals surface area contributed by atoms with Gasteiger partial charge in [0, 0.05) is 6.42 Å². The number of hydrogen-bond donors (Lipinski definition) is 4. The van der Waals surface area contributed by atoms with Crippen molar-refractivity contribution in [1.29, 1.82) is 0 Å². The van der Waals surface area contributed by atoms with Crippen molar-refractivity contribution in [2.45, 2.75) is 31.6 Å². The van der Waals surface area contributed by atoms with Gasteiger partial charge in [-0.05, 0) is 35.7 Å². The van der Waals surface area contributed by atoms with E-state index in [2.05, 4.69) is 15.6 Å². The Balaban J connectivity index is 1.67. The molecule has 1 aliphatic heterocycles. The monoisotopic (exact) mass is 604 g/mol. The SMILES string of the molecule is COC(=O)c1ccc(N2C(=O)CCC2(CO)CO)c(NC(=NC(=O)OCc2ccccc2)NC(=O)OCc2ccccc2)c1. The van der Waals surface area contributed by atoms with Gasteiger partial charge in [0.1, 0.15) is 13.2 Å². The van der Waals surface area contributed by atoms with E-state index >= 15 is 0 Å². The van der Waals surface area contributed by atoms with Crippen molar-refractivity contribution in [2.24, 2.45) is 4.99 Å². The normalized spacial score (nSPS) is 14.1. The lowest BCUT2D eigenvalue weighted by molar-refractivity contribution is -0.117. The number of aliphatic hydroxyl groups excluding tert-OH is 2. The molecular formula is C31H32N4O9. The Morgan fingerprint density at radius 3 is 2.11 bits per heavy atom. The lowest BCUT2D eigenvalue weighted by atomic mass is 9.97. The average molecular weight is 605 g/mol. The van der Waals surface area contributed by atoms with Crippen LogP contribution in [0.4, 0.5) is 21.0 Å². The number of amides is 3. The third kappa shape index (κ3) is 7.76. The van der Waals surface area contributed by atoms with Crippen LogP contribution < -0.4 is 15.5 Å². The number of guanidine groups is 1. The molecule has 0 spiro atoms. The molecule has 4 rings (SSSR count). The molecule has 0 aromatic heterocycles. The van der Waals surface area contributed by atoms with Crippen molar-refractivity contribution in [2.75, 3.05) is 30.5 Å². The first-order valence-electron chi connectivity index (χ1n) is 13.6. The Bertz CT molecular complexity index is 1510. The van der Waals surface area contributed by atoms with Gasteiger partial charge >= 0.3 is 18.2 Å². The van der Waals surface area contributed by atoms with Crippen LogP contribution in [0.15, 0.2) is 83.9 Å². The van der Waals surface area contributed by atoms with E-state index in [1.807, 2.05) is 12.1 Å². The summed E-state index contributed by atoms with van der Waals surface area (Å²) < 4.78 is 15.3. The van der Waals surface area contributed by atoms with Crippen molar-refractivity contribution < 1.29 is 43.6 Å². The highest BCUT2D eigenvalue weighted by Crippen LogP contribution is 2.39. The molecule has 230 valence electrons. The van der Waals surface area contributed by atoms with E-state index in [0.717, 1.165) is 0 Å². The molecule has 13 heteroatoms. The van der Waals surface area contributed by atoms with Crippen molar-refractivity contribution in [3.05, 3.63) is 95.6 Å². The molecule has 1 aliphatic rings. The first kappa shape index (κ1) is 31.7. The molecular weight excluding hydrogens is 572 g/mol. The largest absolute Gasteiger partial charge is 0.465 e. The van der Waals surface area contributed by atoms with Crippen molar-refractivity contribution >= 4 is 41.4 Å². The number of hydrogen-bond acceptors (Lipinski definition) is 9. The Labute approximate surface area is 253 Å². The zero-order valence-electron chi connectivity index (χ0n) is 23.9. The minimum Gasteiger partial charge on any atom is -0.465 e. The quantitative estimate of drug-likeness (QED) is 0.123. The number of nitrogens with one attached hydrogen (secondary N) is 2. The van der Waals surface area contributed by atoms with Crippen LogP contribution in [0, 0.1) is 0 Å². The van der Waals surface area contributed by atoms with E-state index in [9.17, 15) is 29.4 Å². The minimum absolute atomic E-state index is 0.0207. The molecule has 4 N–H and O–H groups in total. The molecule has 3 amide bonds. The number of aliphatic hydroxyl groups is 2. The maximum absolute atomic E-state index is 13.0. The number of carbonyl (C=O) groups is 4. The zero-order chi connectivity index (χ0) is 31.5. The van der Waals surface area contributed by atoms with Gasteiger partial charge in [-0.25, -0.2) is 14.4 Å². The second-order valence-electron chi connectivity index (χ2n) is 9.81. The van der Waals surface area contributed by atoms with Gasteiger partial charge in [0.25, 0.3) is 0 Å². The van der Waals surface area contributed by atoms with Gasteiger partial charge in [0.2, 0.25) is 11.9 Å². The van der Waals surface area contributed by atoms with Gasteiger partial charge in [0.05, 0.1) is 42.8 Å². The fourth-order valence-corrected chi connectivity index (χ4v) is 4.56. The number of anilines is 2. The van der Waals surface area contributed by atoms with E-state index in [-0.39, 0.29) is 43.0 Å². The van der Waals surface area contributed by atoms with E-state index < -0.39 is 48.8 Å². The van der Waals surface area contributed by atoms with Gasteiger partial charge in [0.15, 0.2) is 0 Å². The van der Waals surface area contributed by atoms with Crippen LogP contribution in [0.2, 0.25) is 0 Å². The number of rotatable bonds is 9. The molecule has 3 aromatic carbocycles. The number of aliphatic imine (C=N–C) groups is 1. The topological polar surface area (TPSA) is 176 Å². The lowest BCUT2D eigenvalue weighted by Crippen LogP contribution is -2.52. The molecule has 0 atom stereocenters. The fraction of sp³-hybridized carbons (Fsp3) is 0.258. The van der Waals surface area contributed by atoms with Crippen LogP contribution in [0.3, 0.4) is 0 Å². The summed E-state index contributed by atoms with van der Waals surface area (Å²) in [5.74, 6) is -1.56. The Hall–Kier alpha value is -5.27. The molecule has 0 bridgehead atoms. The van der Waals surface area contributed by atoms with Crippen LogP contribution >= 0.6 is 0 Å². The number of ether oxygens (including phenoxy) is 3. The summed E-state index contributed by atoms with van der Waals surface area (Å²) in [5, 5.41) is 25.5. The summed E-state index contributed by atoms with van der Waals surface area (Å²) in [7, 11) is 1.19. The number of nitrogens with zero attached hydrogens (tertiary/aromatic N) is 2. The minimum atomic E-state index is -1.34. The number of alkyl carbamates (subject to hydrolysis) is 1. The van der Waals surface area contributed by atoms with Crippen molar-refractivity contribution in [1.82, 2.24) is 5.32 Å². The van der Waals surface area contributed by atoms with Crippen LogP contribution in [0.1, 0.15) is 34.3 Å². The number of benzene rings is 3. The van der Waals surface area contributed by atoms with Gasteiger partial charge in [-0.15, -0.1) is 4.99 Å². The van der Waals surface area contributed by atoms with E-state index in [0.29, 0.717) is 11.1 Å². The molecule has 0 radical (unpaired) electrons. The fourth-order valence-electron chi connectivity index (χ4n) is 4.56. The van der Waals surface area contributed by atoms with Gasteiger partial charge < -0.3 is 29.7 Å². The summed E-state index contributed by atoms with van der Waals surface area (Å²) in [6.45, 7) is -1.29. The van der Waals surface area contributed by atoms with E-state index in [1.165, 1.54) is 30.2 Å². The molecule has 1 fully saturated rings. The lowest BCUT2D eigenvalue weighted by Gasteiger charge is -2.36. The molecule has 1 heterocycles. The predicted octanol–water partition coefficient (Wildman–Crippen LogP) is 3.35. The number of methoxy groups -OCH3 is 1. The molecule has 0 unspecified atom stereocenters. The summed E-state index contributed by atoms with van der Waals surface area (Å²) in [4.78, 5) is 56.0. The first-order chi connectivity index (χ1) is 21.3. The molecule has 0 saturated carbocycles. The van der Waals surface area contributed by atoms with Crippen molar-refractivity contribution in [3.63, 3.8) is 0 Å². The highest BCUT2D eigenvalue weighted by atomic mass is 16.6. The van der Waals surface area contributed by atoms with Gasteiger partial charge in [-0.1, -0.05) is 60.7 Å². The highest BCUT2D eigenvalue weighted by molar-refractivity contribution is 6.10. The second kappa shape index (κ2) is 14.8. The highest BCUT2D eigenvalue weighted by Gasteiger charge is 2.46. The maximum Gasteiger partial charge on any atom is 0.437 e. The van der Waals surface area contributed by atoms with Crippen LogP contribution in [-0.2, 0) is 32.2 Å². The van der Waals surface area contributed by atoms with E-state index in [1.54, 1.807) is 48.5 Å². The maximum atomic E-state index is 13.0. The Morgan fingerprint density at radius 1 is 0.909 bits per heavy atom. The van der Waals surface area contributed by atoms with Crippen molar-refractivity contribution in [3.8, 4) is 0 Å². The molecule has 44 heavy (non-hydrogen) atoms. The molecule has 13 nitrogen and oxygen atoms in total. The standard InChI is InChI=1S/C31H32N4O9/c1-42-27(39)23-12-13-25(35-26(38)14-15-31(35,19-36)20-37)24(16-23)32-28(33-29(40)43-17-21-8-4-2-5-9-21)34-30(41)44-18-22-10-6-3-7-11-22/h2-13,16,36-37H,14-15,17-20H2,1H3,(H2,32,33,34,40,41). The predicted molar refractivity (Wildman–Crippen MR) is 159 cm³/mol. The number of esters is 1. The summed E-state index contributed by atoms with van der Waals surface area (Å²) >= 11 is 0.